The Morgan fingerprint density at radius 2 is 1.80 bits per heavy atom. The number of halogens is 1. The second kappa shape index (κ2) is 10.8. The van der Waals surface area contributed by atoms with E-state index in [0.717, 1.165) is 12.8 Å². The number of esters is 1. The number of carbonyl (C=O) groups excluding carboxylic acids is 1. The van der Waals surface area contributed by atoms with Crippen LogP contribution in [0.25, 0.3) is 22.3 Å². The predicted octanol–water partition coefficient (Wildman–Crippen LogP) is 7.29. The number of phenolic OH excluding ortho intramolecular Hbond substituents is 1. The van der Waals surface area contributed by atoms with Crippen LogP contribution in [-0.4, -0.2) is 24.2 Å². The molecule has 0 atom stereocenters. The third-order valence-electron chi connectivity index (χ3n) is 5.35. The highest BCUT2D eigenvalue weighted by atomic mass is 19.1. The summed E-state index contributed by atoms with van der Waals surface area (Å²) >= 11 is 0. The van der Waals surface area contributed by atoms with Gasteiger partial charge in [-0.1, -0.05) is 6.08 Å². The second-order valence-corrected chi connectivity index (χ2v) is 7.83. The Hall–Kier alpha value is -4.26. The van der Waals surface area contributed by atoms with Crippen LogP contribution >= 0.6 is 0 Å². The number of phenols is 1. The standard InChI is InChI=1S/C28H26FNO5/c1-3-5-6-15-30-23-17-25-22(16-24(23)31)26(28(32)33-4-2)27(35-25)18-7-11-20(12-8-18)34-21-13-9-19(29)10-14-21/h3,7-14,16-17,30-31H,1,4-6,15H2,2H3. The van der Waals surface area contributed by atoms with Gasteiger partial charge in [0.15, 0.2) is 0 Å². The van der Waals surface area contributed by atoms with Gasteiger partial charge in [-0.3, -0.25) is 0 Å². The number of ether oxygens (including phenoxy) is 2. The van der Waals surface area contributed by atoms with Gasteiger partial charge in [0.2, 0.25) is 0 Å². The highest BCUT2D eigenvalue weighted by molar-refractivity contribution is 6.09. The lowest BCUT2D eigenvalue weighted by molar-refractivity contribution is 0.0528. The molecule has 0 bridgehead atoms. The fourth-order valence-corrected chi connectivity index (χ4v) is 3.66. The number of nitrogens with one attached hydrogen (secondary N) is 1. The molecular formula is C28H26FNO5. The fourth-order valence-electron chi connectivity index (χ4n) is 3.66. The molecule has 0 spiro atoms. The molecular weight excluding hydrogens is 449 g/mol. The van der Waals surface area contributed by atoms with Crippen LogP contribution in [0.4, 0.5) is 10.1 Å². The lowest BCUT2D eigenvalue weighted by Gasteiger charge is -2.08. The topological polar surface area (TPSA) is 80.9 Å². The number of aromatic hydroxyl groups is 1. The zero-order valence-electron chi connectivity index (χ0n) is 19.3. The molecule has 4 aromatic rings. The number of unbranched alkanes of at least 4 members (excludes halogenated alkanes) is 1. The summed E-state index contributed by atoms with van der Waals surface area (Å²) in [7, 11) is 0. The smallest absolute Gasteiger partial charge is 0.342 e. The molecule has 0 aliphatic rings. The molecule has 6 nitrogen and oxygen atoms in total. The van der Waals surface area contributed by atoms with Gasteiger partial charge in [-0.25, -0.2) is 9.18 Å². The van der Waals surface area contributed by atoms with E-state index in [0.29, 0.717) is 46.0 Å². The first kappa shape index (κ1) is 23.9. The third kappa shape index (κ3) is 5.46. The number of fused-ring (bicyclic) bond motifs is 1. The molecule has 35 heavy (non-hydrogen) atoms. The van der Waals surface area contributed by atoms with E-state index >= 15 is 0 Å². The maximum atomic E-state index is 13.1. The number of allylic oxidation sites excluding steroid dienone is 1. The number of hydrogen-bond acceptors (Lipinski definition) is 6. The molecule has 0 amide bonds. The predicted molar refractivity (Wildman–Crippen MR) is 134 cm³/mol. The minimum atomic E-state index is -0.543. The van der Waals surface area contributed by atoms with E-state index in [-0.39, 0.29) is 23.7 Å². The quantitative estimate of drug-likeness (QED) is 0.108. The molecule has 180 valence electrons. The van der Waals surface area contributed by atoms with Crippen molar-refractivity contribution in [1.29, 1.82) is 0 Å². The minimum absolute atomic E-state index is 0.0112. The van der Waals surface area contributed by atoms with Crippen LogP contribution in [0.1, 0.15) is 30.1 Å². The van der Waals surface area contributed by atoms with Crippen LogP contribution in [0.2, 0.25) is 0 Å². The average molecular weight is 476 g/mol. The van der Waals surface area contributed by atoms with Gasteiger partial charge in [-0.15, -0.1) is 6.58 Å². The van der Waals surface area contributed by atoms with Crippen molar-refractivity contribution in [3.63, 3.8) is 0 Å². The van der Waals surface area contributed by atoms with Gasteiger partial charge in [-0.2, -0.15) is 0 Å². The first-order valence-corrected chi connectivity index (χ1v) is 11.4. The number of furan rings is 1. The van der Waals surface area contributed by atoms with Crippen molar-refractivity contribution in [3.05, 3.63) is 84.7 Å². The Morgan fingerprint density at radius 1 is 1.11 bits per heavy atom. The van der Waals surface area contributed by atoms with Gasteiger partial charge in [0.1, 0.15) is 40.0 Å². The van der Waals surface area contributed by atoms with Crippen molar-refractivity contribution in [1.82, 2.24) is 0 Å². The van der Waals surface area contributed by atoms with Crippen molar-refractivity contribution in [2.24, 2.45) is 0 Å². The molecule has 0 saturated carbocycles. The van der Waals surface area contributed by atoms with Crippen LogP contribution in [0, 0.1) is 5.82 Å². The minimum Gasteiger partial charge on any atom is -0.506 e. The lowest BCUT2D eigenvalue weighted by atomic mass is 10.0. The average Bonchev–Trinajstić information content (AvgIpc) is 3.22. The van der Waals surface area contributed by atoms with E-state index in [4.69, 9.17) is 13.9 Å². The SMILES string of the molecule is C=CCCCNc1cc2oc(-c3ccc(Oc4ccc(F)cc4)cc3)c(C(=O)OCC)c2cc1O. The van der Waals surface area contributed by atoms with Gasteiger partial charge < -0.3 is 24.3 Å². The van der Waals surface area contributed by atoms with Gasteiger partial charge in [0, 0.05) is 23.6 Å². The molecule has 0 aliphatic heterocycles. The summed E-state index contributed by atoms with van der Waals surface area (Å²) in [6.45, 7) is 6.29. The summed E-state index contributed by atoms with van der Waals surface area (Å²) < 4.78 is 30.2. The first-order valence-electron chi connectivity index (χ1n) is 11.4. The molecule has 0 saturated heterocycles. The Balaban J connectivity index is 1.68. The van der Waals surface area contributed by atoms with E-state index in [9.17, 15) is 14.3 Å². The van der Waals surface area contributed by atoms with Crippen molar-refractivity contribution >= 4 is 22.6 Å². The zero-order valence-corrected chi connectivity index (χ0v) is 19.3. The van der Waals surface area contributed by atoms with Crippen molar-refractivity contribution < 1.29 is 28.2 Å². The summed E-state index contributed by atoms with van der Waals surface area (Å²) in [5.41, 5.74) is 1.83. The summed E-state index contributed by atoms with van der Waals surface area (Å²) in [4.78, 5) is 12.8. The van der Waals surface area contributed by atoms with Crippen LogP contribution in [0.15, 0.2) is 77.7 Å². The number of hydrogen-bond donors (Lipinski definition) is 2. The highest BCUT2D eigenvalue weighted by Crippen LogP contribution is 2.39. The number of carbonyl (C=O) groups is 1. The van der Waals surface area contributed by atoms with E-state index in [2.05, 4.69) is 11.9 Å². The maximum absolute atomic E-state index is 13.1. The molecule has 1 aromatic heterocycles. The maximum Gasteiger partial charge on any atom is 0.342 e. The molecule has 0 aliphatic carbocycles. The number of anilines is 1. The van der Waals surface area contributed by atoms with Gasteiger partial charge in [0.25, 0.3) is 0 Å². The van der Waals surface area contributed by atoms with Crippen LogP contribution < -0.4 is 10.1 Å². The summed E-state index contributed by atoms with van der Waals surface area (Å²) in [5.74, 6) is 0.493. The van der Waals surface area contributed by atoms with Crippen molar-refractivity contribution in [2.75, 3.05) is 18.5 Å². The monoisotopic (exact) mass is 475 g/mol. The molecule has 7 heteroatoms. The summed E-state index contributed by atoms with van der Waals surface area (Å²) in [6.07, 6.45) is 3.56. The molecule has 4 rings (SSSR count). The largest absolute Gasteiger partial charge is 0.506 e. The van der Waals surface area contributed by atoms with Gasteiger partial charge >= 0.3 is 5.97 Å². The Labute approximate surface area is 202 Å². The first-order chi connectivity index (χ1) is 17.0. The van der Waals surface area contributed by atoms with Crippen molar-refractivity contribution in [3.8, 4) is 28.6 Å². The van der Waals surface area contributed by atoms with Crippen molar-refractivity contribution in [2.45, 2.75) is 19.8 Å². The zero-order chi connectivity index (χ0) is 24.8. The lowest BCUT2D eigenvalue weighted by Crippen LogP contribution is -2.05. The Morgan fingerprint density at radius 3 is 2.46 bits per heavy atom. The second-order valence-electron chi connectivity index (χ2n) is 7.83. The fraction of sp³-hybridized carbons (Fsp3) is 0.179. The van der Waals surface area contributed by atoms with Crippen LogP contribution in [0.3, 0.4) is 0 Å². The number of benzene rings is 3. The van der Waals surface area contributed by atoms with Crippen LogP contribution in [-0.2, 0) is 4.74 Å². The van der Waals surface area contributed by atoms with Gasteiger partial charge in [-0.05, 0) is 74.4 Å². The summed E-state index contributed by atoms with van der Waals surface area (Å²) in [5, 5.41) is 14.2. The number of rotatable bonds is 10. The van der Waals surface area contributed by atoms with Crippen LogP contribution in [0.5, 0.6) is 17.2 Å². The van der Waals surface area contributed by atoms with E-state index in [1.54, 1.807) is 37.3 Å². The van der Waals surface area contributed by atoms with Gasteiger partial charge in [0.05, 0.1) is 12.3 Å². The molecule has 1 heterocycles. The Kier molecular flexibility index (Phi) is 7.35. The summed E-state index contributed by atoms with van der Waals surface area (Å²) in [6, 6.07) is 15.9. The normalized spacial score (nSPS) is 10.8. The third-order valence-corrected chi connectivity index (χ3v) is 5.35. The highest BCUT2D eigenvalue weighted by Gasteiger charge is 2.24. The van der Waals surface area contributed by atoms with E-state index in [1.165, 1.54) is 30.3 Å². The van der Waals surface area contributed by atoms with E-state index < -0.39 is 5.97 Å². The molecule has 0 radical (unpaired) electrons. The molecule has 3 aromatic carbocycles. The van der Waals surface area contributed by atoms with E-state index in [1.807, 2.05) is 6.08 Å². The Bertz CT molecular complexity index is 1330. The molecule has 0 fully saturated rings. The molecule has 0 unspecified atom stereocenters. The molecule has 2 N–H and O–H groups in total.